The summed E-state index contributed by atoms with van der Waals surface area (Å²) in [6.45, 7) is -0.379. The Hall–Kier alpha value is -2.41. The van der Waals surface area contributed by atoms with Crippen LogP contribution in [0.15, 0.2) is 51.8 Å². The van der Waals surface area contributed by atoms with Gasteiger partial charge in [-0.15, -0.1) is 0 Å². The van der Waals surface area contributed by atoms with E-state index in [2.05, 4.69) is 34.7 Å². The molecule has 0 unspecified atom stereocenters. The first-order valence-corrected chi connectivity index (χ1v) is 11.8. The van der Waals surface area contributed by atoms with Crippen LogP contribution in [0, 0.1) is 0 Å². The van der Waals surface area contributed by atoms with Crippen LogP contribution in [0.25, 0.3) is 11.0 Å². The van der Waals surface area contributed by atoms with Gasteiger partial charge in [0.2, 0.25) is 10.0 Å². The molecule has 0 atom stereocenters. The largest absolute Gasteiger partial charge is 0.456 e. The SMILES string of the molecule is O=C(COC(=O)CCCNS(=O)(=O)c1cccc2nsnc12)Nc1ccc(Br)cc1. The molecule has 0 fully saturated rings. The van der Waals surface area contributed by atoms with Crippen molar-refractivity contribution in [3.8, 4) is 0 Å². The number of aromatic nitrogens is 2. The Kier molecular flexibility index (Phi) is 7.48. The monoisotopic (exact) mass is 512 g/mol. The van der Waals surface area contributed by atoms with Crippen molar-refractivity contribution in [3.05, 3.63) is 46.9 Å². The summed E-state index contributed by atoms with van der Waals surface area (Å²) in [5.41, 5.74) is 1.40. The van der Waals surface area contributed by atoms with Crippen LogP contribution in [0.3, 0.4) is 0 Å². The second-order valence-electron chi connectivity index (χ2n) is 6.11. The summed E-state index contributed by atoms with van der Waals surface area (Å²) in [6.07, 6.45) is 0.189. The lowest BCUT2D eigenvalue weighted by Crippen LogP contribution is -2.26. The van der Waals surface area contributed by atoms with E-state index in [1.807, 2.05) is 0 Å². The number of carbonyl (C=O) groups is 2. The van der Waals surface area contributed by atoms with Crippen LogP contribution in [0.1, 0.15) is 12.8 Å². The number of esters is 1. The van der Waals surface area contributed by atoms with Crippen LogP contribution in [0.2, 0.25) is 0 Å². The number of halogens is 1. The number of amides is 1. The summed E-state index contributed by atoms with van der Waals surface area (Å²) >= 11 is 4.23. The molecule has 1 aromatic heterocycles. The quantitative estimate of drug-likeness (QED) is 0.333. The number of nitrogens with one attached hydrogen (secondary N) is 2. The third-order valence-corrected chi connectivity index (χ3v) is 6.44. The maximum atomic E-state index is 12.5. The predicted molar refractivity (Wildman–Crippen MR) is 116 cm³/mol. The number of nitrogens with zero attached hydrogens (tertiary/aromatic N) is 2. The normalized spacial score (nSPS) is 11.4. The third kappa shape index (κ3) is 6.05. The van der Waals surface area contributed by atoms with Crippen molar-refractivity contribution in [2.75, 3.05) is 18.5 Å². The molecule has 158 valence electrons. The van der Waals surface area contributed by atoms with Gasteiger partial charge in [0.05, 0.1) is 11.7 Å². The van der Waals surface area contributed by atoms with E-state index in [4.69, 9.17) is 4.74 Å². The number of hydrogen-bond donors (Lipinski definition) is 2. The van der Waals surface area contributed by atoms with Gasteiger partial charge in [0, 0.05) is 23.1 Å². The molecule has 0 aliphatic heterocycles. The number of sulfonamides is 1. The maximum absolute atomic E-state index is 12.5. The van der Waals surface area contributed by atoms with Crippen molar-refractivity contribution in [2.45, 2.75) is 17.7 Å². The highest BCUT2D eigenvalue weighted by atomic mass is 79.9. The van der Waals surface area contributed by atoms with Gasteiger partial charge in [0.1, 0.15) is 15.9 Å². The number of rotatable bonds is 9. The lowest BCUT2D eigenvalue weighted by molar-refractivity contribution is -0.147. The molecule has 0 saturated heterocycles. The Bertz CT molecular complexity index is 1150. The molecule has 0 saturated carbocycles. The van der Waals surface area contributed by atoms with E-state index in [1.165, 1.54) is 6.07 Å². The number of benzene rings is 2. The van der Waals surface area contributed by atoms with Crippen LogP contribution in [-0.4, -0.2) is 42.2 Å². The first-order valence-electron chi connectivity index (χ1n) is 8.77. The van der Waals surface area contributed by atoms with Crippen LogP contribution in [-0.2, 0) is 24.3 Å². The Morgan fingerprint density at radius 3 is 2.63 bits per heavy atom. The van der Waals surface area contributed by atoms with Gasteiger partial charge < -0.3 is 10.1 Å². The molecule has 0 radical (unpaired) electrons. The zero-order valence-corrected chi connectivity index (χ0v) is 18.7. The highest BCUT2D eigenvalue weighted by Crippen LogP contribution is 2.20. The van der Waals surface area contributed by atoms with Crippen molar-refractivity contribution >= 4 is 66.3 Å². The van der Waals surface area contributed by atoms with E-state index in [1.54, 1.807) is 36.4 Å². The van der Waals surface area contributed by atoms with Crippen LogP contribution >= 0.6 is 27.7 Å². The zero-order chi connectivity index (χ0) is 21.6. The molecular weight excluding hydrogens is 496 g/mol. The second kappa shape index (κ2) is 10.1. The van der Waals surface area contributed by atoms with Crippen molar-refractivity contribution in [1.29, 1.82) is 0 Å². The van der Waals surface area contributed by atoms with E-state index in [0.717, 1.165) is 16.2 Å². The lowest BCUT2D eigenvalue weighted by Gasteiger charge is -2.08. The van der Waals surface area contributed by atoms with E-state index in [-0.39, 0.29) is 24.3 Å². The first-order chi connectivity index (χ1) is 14.3. The average Bonchev–Trinajstić information content (AvgIpc) is 3.20. The van der Waals surface area contributed by atoms with E-state index in [9.17, 15) is 18.0 Å². The van der Waals surface area contributed by atoms with E-state index in [0.29, 0.717) is 16.7 Å². The number of ether oxygens (including phenoxy) is 1. The van der Waals surface area contributed by atoms with Gasteiger partial charge in [0.25, 0.3) is 5.91 Å². The summed E-state index contributed by atoms with van der Waals surface area (Å²) < 4.78 is 41.2. The van der Waals surface area contributed by atoms with Gasteiger partial charge in [-0.3, -0.25) is 9.59 Å². The number of anilines is 1. The van der Waals surface area contributed by atoms with Gasteiger partial charge >= 0.3 is 5.97 Å². The summed E-state index contributed by atoms with van der Waals surface area (Å²) in [6, 6.07) is 11.7. The maximum Gasteiger partial charge on any atom is 0.306 e. The molecule has 0 aliphatic rings. The fourth-order valence-electron chi connectivity index (χ4n) is 2.46. The molecule has 30 heavy (non-hydrogen) atoms. The van der Waals surface area contributed by atoms with Gasteiger partial charge in [-0.1, -0.05) is 22.0 Å². The molecule has 3 rings (SSSR count). The molecule has 2 aromatic carbocycles. The van der Waals surface area contributed by atoms with Crippen molar-refractivity contribution in [1.82, 2.24) is 13.5 Å². The van der Waals surface area contributed by atoms with Crippen LogP contribution in [0.5, 0.6) is 0 Å². The minimum Gasteiger partial charge on any atom is -0.456 e. The number of hydrogen-bond acceptors (Lipinski definition) is 8. The molecule has 0 spiro atoms. The molecule has 2 N–H and O–H groups in total. The van der Waals surface area contributed by atoms with Gasteiger partial charge in [-0.05, 0) is 42.8 Å². The summed E-state index contributed by atoms with van der Waals surface area (Å²) in [7, 11) is -3.78. The Balaban J connectivity index is 1.39. The smallest absolute Gasteiger partial charge is 0.306 e. The molecule has 1 amide bonds. The van der Waals surface area contributed by atoms with Crippen molar-refractivity contribution in [3.63, 3.8) is 0 Å². The highest BCUT2D eigenvalue weighted by molar-refractivity contribution is 9.10. The summed E-state index contributed by atoms with van der Waals surface area (Å²) in [5, 5.41) is 2.60. The van der Waals surface area contributed by atoms with Crippen LogP contribution in [0.4, 0.5) is 5.69 Å². The Labute approximate surface area is 185 Å². The lowest BCUT2D eigenvalue weighted by atomic mass is 10.3. The minimum atomic E-state index is -3.78. The van der Waals surface area contributed by atoms with Crippen molar-refractivity contribution in [2.24, 2.45) is 0 Å². The summed E-state index contributed by atoms with van der Waals surface area (Å²) in [5.74, 6) is -1.05. The predicted octanol–water partition coefficient (Wildman–Crippen LogP) is 2.69. The fraction of sp³-hybridized carbons (Fsp3) is 0.222. The zero-order valence-electron chi connectivity index (χ0n) is 15.5. The topological polar surface area (TPSA) is 127 Å². The molecule has 3 aromatic rings. The number of fused-ring (bicyclic) bond motifs is 1. The van der Waals surface area contributed by atoms with E-state index >= 15 is 0 Å². The molecule has 0 bridgehead atoms. The summed E-state index contributed by atoms with van der Waals surface area (Å²) in [4.78, 5) is 23.6. The fourth-order valence-corrected chi connectivity index (χ4v) is 4.57. The minimum absolute atomic E-state index is 0.0312. The van der Waals surface area contributed by atoms with Crippen molar-refractivity contribution < 1.29 is 22.7 Å². The third-order valence-electron chi connectivity index (χ3n) is 3.88. The Morgan fingerprint density at radius 1 is 1.10 bits per heavy atom. The number of carbonyl (C=O) groups excluding carboxylic acids is 2. The standard InChI is InChI=1S/C18H17BrN4O5S2/c19-12-6-8-13(9-7-12)21-16(24)11-28-17(25)5-2-10-20-30(26,27)15-4-1-3-14-18(15)23-29-22-14/h1,3-4,6-9,20H,2,5,10-11H2,(H,21,24). The van der Waals surface area contributed by atoms with E-state index < -0.39 is 28.5 Å². The Morgan fingerprint density at radius 2 is 1.87 bits per heavy atom. The van der Waals surface area contributed by atoms with Gasteiger partial charge in [-0.2, -0.15) is 8.75 Å². The molecular formula is C18H17BrN4O5S2. The second-order valence-corrected chi connectivity index (χ2v) is 9.28. The van der Waals surface area contributed by atoms with Crippen LogP contribution < -0.4 is 10.0 Å². The molecule has 0 aliphatic carbocycles. The average molecular weight is 513 g/mol. The highest BCUT2D eigenvalue weighted by Gasteiger charge is 2.19. The molecule has 1 heterocycles. The van der Waals surface area contributed by atoms with Gasteiger partial charge in [-0.25, -0.2) is 13.1 Å². The molecule has 9 nitrogen and oxygen atoms in total. The first kappa shape index (κ1) is 22.3. The molecule has 12 heteroatoms. The van der Waals surface area contributed by atoms with Gasteiger partial charge in [0.15, 0.2) is 6.61 Å².